The molecular formula is C13H15FN2O4S. The molecule has 6 nitrogen and oxygen atoms in total. The van der Waals surface area contributed by atoms with Crippen molar-refractivity contribution in [2.24, 2.45) is 0 Å². The molecule has 114 valence electrons. The molecule has 0 spiro atoms. The second-order valence-corrected chi connectivity index (χ2v) is 7.20. The van der Waals surface area contributed by atoms with E-state index in [2.05, 4.69) is 5.32 Å². The average Bonchev–Trinajstić information content (AvgIpc) is 2.65. The first kappa shape index (κ1) is 15.4. The van der Waals surface area contributed by atoms with E-state index in [0.29, 0.717) is 0 Å². The van der Waals surface area contributed by atoms with Gasteiger partial charge in [-0.2, -0.15) is 0 Å². The number of hydrogen-bond donors (Lipinski definition) is 1. The number of imide groups is 1. The molecule has 1 aliphatic rings. The highest BCUT2D eigenvalue weighted by Crippen LogP contribution is 2.16. The van der Waals surface area contributed by atoms with Crippen molar-refractivity contribution in [2.45, 2.75) is 19.0 Å². The Kier molecular flexibility index (Phi) is 4.26. The van der Waals surface area contributed by atoms with Crippen LogP contribution in [0.15, 0.2) is 24.3 Å². The number of nitrogens with one attached hydrogen (secondary N) is 1. The normalized spacial score (nSPS) is 19.0. The van der Waals surface area contributed by atoms with Gasteiger partial charge in [0.25, 0.3) is 5.91 Å². The van der Waals surface area contributed by atoms with Gasteiger partial charge in [0.1, 0.15) is 21.7 Å². The second kappa shape index (κ2) is 5.80. The van der Waals surface area contributed by atoms with E-state index in [9.17, 15) is 22.4 Å². The number of benzene rings is 1. The molecule has 0 unspecified atom stereocenters. The first-order chi connectivity index (χ1) is 9.78. The van der Waals surface area contributed by atoms with E-state index in [0.717, 1.165) is 11.2 Å². The molecule has 0 saturated carbocycles. The number of sulfone groups is 1. The topological polar surface area (TPSA) is 83.6 Å². The third kappa shape index (κ3) is 3.78. The molecule has 1 aromatic carbocycles. The molecule has 0 radical (unpaired) electrons. The predicted molar refractivity (Wildman–Crippen MR) is 73.6 cm³/mol. The lowest BCUT2D eigenvalue weighted by Gasteiger charge is -2.13. The van der Waals surface area contributed by atoms with Crippen LogP contribution in [0.3, 0.4) is 0 Å². The molecule has 2 rings (SSSR count). The lowest BCUT2D eigenvalue weighted by atomic mass is 10.2. The van der Waals surface area contributed by atoms with E-state index in [1.54, 1.807) is 6.07 Å². The fourth-order valence-electron chi connectivity index (χ4n) is 2.05. The molecule has 1 aliphatic heterocycles. The van der Waals surface area contributed by atoms with E-state index >= 15 is 0 Å². The molecule has 8 heteroatoms. The molecule has 3 amide bonds. The standard InChI is InChI=1S/C13H15FN2O4S/c1-21(19,20)7-6-11-12(17)16(13(18)15-11)8-9-4-2-3-5-10(9)14/h2-5,11H,6-8H2,1H3,(H,15,18)/t11-/m1/s1. The van der Waals surface area contributed by atoms with E-state index in [-0.39, 0.29) is 24.3 Å². The second-order valence-electron chi connectivity index (χ2n) is 4.94. The van der Waals surface area contributed by atoms with Crippen LogP contribution in [0.4, 0.5) is 9.18 Å². The van der Waals surface area contributed by atoms with Crippen LogP contribution in [-0.4, -0.2) is 43.3 Å². The highest BCUT2D eigenvalue weighted by Gasteiger charge is 2.38. The Balaban J connectivity index is 2.07. The van der Waals surface area contributed by atoms with Gasteiger partial charge < -0.3 is 5.32 Å². The predicted octanol–water partition coefficient (Wildman–Crippen LogP) is 0.681. The maximum Gasteiger partial charge on any atom is 0.325 e. The quantitative estimate of drug-likeness (QED) is 0.810. The summed E-state index contributed by atoms with van der Waals surface area (Å²) < 4.78 is 35.8. The van der Waals surface area contributed by atoms with Crippen LogP contribution in [0, 0.1) is 5.82 Å². The van der Waals surface area contributed by atoms with Crippen molar-refractivity contribution in [3.05, 3.63) is 35.6 Å². The van der Waals surface area contributed by atoms with Crippen molar-refractivity contribution in [1.29, 1.82) is 0 Å². The van der Waals surface area contributed by atoms with Crippen LogP contribution < -0.4 is 5.32 Å². The Bertz CT molecular complexity index is 675. The van der Waals surface area contributed by atoms with Crippen LogP contribution in [-0.2, 0) is 21.2 Å². The summed E-state index contributed by atoms with van der Waals surface area (Å²) in [5.41, 5.74) is 0.227. The van der Waals surface area contributed by atoms with Crippen LogP contribution in [0.25, 0.3) is 0 Å². The maximum atomic E-state index is 13.5. The number of nitrogens with zero attached hydrogens (tertiary/aromatic N) is 1. The lowest BCUT2D eigenvalue weighted by Crippen LogP contribution is -2.32. The molecule has 1 N–H and O–H groups in total. The fraction of sp³-hybridized carbons (Fsp3) is 0.385. The average molecular weight is 314 g/mol. The van der Waals surface area contributed by atoms with Crippen LogP contribution in [0.2, 0.25) is 0 Å². The summed E-state index contributed by atoms with van der Waals surface area (Å²) in [5, 5.41) is 2.42. The minimum atomic E-state index is -3.22. The molecule has 1 fully saturated rings. The number of amides is 3. The fourth-order valence-corrected chi connectivity index (χ4v) is 2.72. The number of rotatable bonds is 5. The molecule has 21 heavy (non-hydrogen) atoms. The van der Waals surface area contributed by atoms with Gasteiger partial charge in [0, 0.05) is 11.8 Å². The Labute approximate surface area is 121 Å². The first-order valence-corrected chi connectivity index (χ1v) is 8.37. The van der Waals surface area contributed by atoms with Gasteiger partial charge in [0.05, 0.1) is 12.3 Å². The smallest absolute Gasteiger partial charge is 0.325 e. The minimum absolute atomic E-state index is 0.0111. The van der Waals surface area contributed by atoms with Crippen LogP contribution in [0.1, 0.15) is 12.0 Å². The van der Waals surface area contributed by atoms with Gasteiger partial charge in [-0.25, -0.2) is 17.6 Å². The summed E-state index contributed by atoms with van der Waals surface area (Å²) in [6.45, 7) is -0.174. The van der Waals surface area contributed by atoms with E-state index in [4.69, 9.17) is 0 Å². The number of carbonyl (C=O) groups is 2. The molecular weight excluding hydrogens is 299 g/mol. The van der Waals surface area contributed by atoms with Crippen molar-refractivity contribution in [1.82, 2.24) is 10.2 Å². The highest BCUT2D eigenvalue weighted by atomic mass is 32.2. The summed E-state index contributed by atoms with van der Waals surface area (Å²) in [4.78, 5) is 24.7. The van der Waals surface area contributed by atoms with Gasteiger partial charge in [-0.15, -0.1) is 0 Å². The Morgan fingerprint density at radius 3 is 2.57 bits per heavy atom. The number of urea groups is 1. The highest BCUT2D eigenvalue weighted by molar-refractivity contribution is 7.90. The Hall–Kier alpha value is -1.96. The van der Waals surface area contributed by atoms with Gasteiger partial charge in [-0.1, -0.05) is 18.2 Å². The molecule has 1 heterocycles. The van der Waals surface area contributed by atoms with Gasteiger partial charge in [-0.05, 0) is 12.5 Å². The first-order valence-electron chi connectivity index (χ1n) is 6.31. The summed E-state index contributed by atoms with van der Waals surface area (Å²) in [7, 11) is -3.22. The molecule has 0 aliphatic carbocycles. The third-order valence-corrected chi connectivity index (χ3v) is 4.15. The Morgan fingerprint density at radius 1 is 1.29 bits per heavy atom. The number of hydrogen-bond acceptors (Lipinski definition) is 4. The van der Waals surface area contributed by atoms with Crippen molar-refractivity contribution < 1.29 is 22.4 Å². The van der Waals surface area contributed by atoms with Crippen LogP contribution >= 0.6 is 0 Å². The summed E-state index contributed by atoms with van der Waals surface area (Å²) >= 11 is 0. The molecule has 1 aromatic rings. The number of carbonyl (C=O) groups excluding carboxylic acids is 2. The van der Waals surface area contributed by atoms with E-state index in [1.807, 2.05) is 0 Å². The lowest BCUT2D eigenvalue weighted by molar-refractivity contribution is -0.127. The number of halogens is 1. The monoisotopic (exact) mass is 314 g/mol. The molecule has 1 atom stereocenters. The Morgan fingerprint density at radius 2 is 1.95 bits per heavy atom. The van der Waals surface area contributed by atoms with Crippen molar-refractivity contribution in [3.63, 3.8) is 0 Å². The molecule has 0 bridgehead atoms. The molecule has 0 aromatic heterocycles. The van der Waals surface area contributed by atoms with Gasteiger partial charge >= 0.3 is 6.03 Å². The van der Waals surface area contributed by atoms with Crippen molar-refractivity contribution in [2.75, 3.05) is 12.0 Å². The van der Waals surface area contributed by atoms with Gasteiger partial charge in [0.2, 0.25) is 0 Å². The van der Waals surface area contributed by atoms with E-state index < -0.39 is 33.6 Å². The largest absolute Gasteiger partial charge is 0.326 e. The summed E-state index contributed by atoms with van der Waals surface area (Å²) in [6, 6.07) is 4.34. The zero-order chi connectivity index (χ0) is 15.6. The minimum Gasteiger partial charge on any atom is -0.326 e. The van der Waals surface area contributed by atoms with Gasteiger partial charge in [-0.3, -0.25) is 9.69 Å². The van der Waals surface area contributed by atoms with Crippen molar-refractivity contribution >= 4 is 21.8 Å². The van der Waals surface area contributed by atoms with Gasteiger partial charge in [0.15, 0.2) is 0 Å². The zero-order valence-electron chi connectivity index (χ0n) is 11.4. The maximum absolute atomic E-state index is 13.5. The van der Waals surface area contributed by atoms with Crippen LogP contribution in [0.5, 0.6) is 0 Å². The SMILES string of the molecule is CS(=O)(=O)CC[C@H]1NC(=O)N(Cc2ccccc2F)C1=O. The zero-order valence-corrected chi connectivity index (χ0v) is 12.2. The summed E-state index contributed by atoms with van der Waals surface area (Å²) in [5.74, 6) is -1.23. The molecule has 1 saturated heterocycles. The summed E-state index contributed by atoms with van der Waals surface area (Å²) in [6.07, 6.45) is 1.07. The van der Waals surface area contributed by atoms with Crippen molar-refractivity contribution in [3.8, 4) is 0 Å². The third-order valence-electron chi connectivity index (χ3n) is 3.17. The van der Waals surface area contributed by atoms with E-state index in [1.165, 1.54) is 18.2 Å².